The van der Waals surface area contributed by atoms with Crippen molar-refractivity contribution in [3.05, 3.63) is 53.8 Å². The first-order valence-corrected chi connectivity index (χ1v) is 9.60. The van der Waals surface area contributed by atoms with Crippen LogP contribution in [-0.2, 0) is 14.8 Å². The van der Waals surface area contributed by atoms with Crippen molar-refractivity contribution in [2.45, 2.75) is 4.90 Å². The van der Waals surface area contributed by atoms with Gasteiger partial charge in [-0.25, -0.2) is 17.6 Å². The average Bonchev–Trinajstić information content (AvgIpc) is 2.69. The summed E-state index contributed by atoms with van der Waals surface area (Å²) in [5, 5.41) is 0. The van der Waals surface area contributed by atoms with Gasteiger partial charge in [-0.1, -0.05) is 12.1 Å². The maximum Gasteiger partial charge on any atom is 0.343 e. The average molecular weight is 395 g/mol. The number of benzene rings is 2. The summed E-state index contributed by atoms with van der Waals surface area (Å²) >= 11 is 0. The van der Waals surface area contributed by atoms with Gasteiger partial charge in [-0.05, 0) is 30.3 Å². The summed E-state index contributed by atoms with van der Waals surface area (Å²) in [5.41, 5.74) is -0.0888. The normalized spacial score (nSPS) is 15.3. The van der Waals surface area contributed by atoms with Gasteiger partial charge in [0, 0.05) is 13.1 Å². The Balaban J connectivity index is 1.89. The van der Waals surface area contributed by atoms with E-state index >= 15 is 0 Å². The van der Waals surface area contributed by atoms with E-state index in [9.17, 15) is 17.6 Å². The van der Waals surface area contributed by atoms with Crippen LogP contribution >= 0.6 is 0 Å². The lowest BCUT2D eigenvalue weighted by Crippen LogP contribution is -2.41. The van der Waals surface area contributed by atoms with Gasteiger partial charge < -0.3 is 14.2 Å². The maximum atomic E-state index is 14.2. The Morgan fingerprint density at radius 3 is 2.44 bits per heavy atom. The highest BCUT2D eigenvalue weighted by atomic mass is 32.2. The fourth-order valence-electron chi connectivity index (χ4n) is 2.62. The minimum Gasteiger partial charge on any atom is -0.493 e. The topological polar surface area (TPSA) is 82.1 Å². The highest BCUT2D eigenvalue weighted by Gasteiger charge is 2.30. The lowest BCUT2D eigenvalue weighted by atomic mass is 10.2. The van der Waals surface area contributed by atoms with Crippen molar-refractivity contribution in [2.24, 2.45) is 0 Å². The lowest BCUT2D eigenvalue weighted by molar-refractivity contribution is 0.0724. The van der Waals surface area contributed by atoms with E-state index in [1.165, 1.54) is 19.2 Å². The van der Waals surface area contributed by atoms with E-state index < -0.39 is 26.7 Å². The summed E-state index contributed by atoms with van der Waals surface area (Å²) in [6.45, 7) is 0.710. The van der Waals surface area contributed by atoms with Gasteiger partial charge in [0.05, 0.1) is 25.9 Å². The fraction of sp³-hybridized carbons (Fsp3) is 0.278. The van der Waals surface area contributed by atoms with Crippen LogP contribution in [-0.4, -0.2) is 52.1 Å². The van der Waals surface area contributed by atoms with Crippen LogP contribution in [0.2, 0.25) is 0 Å². The first-order valence-electron chi connectivity index (χ1n) is 8.16. The molecular formula is C18H18FNO6S. The fourth-order valence-corrected chi connectivity index (χ4v) is 4.11. The molecule has 27 heavy (non-hydrogen) atoms. The van der Waals surface area contributed by atoms with Crippen molar-refractivity contribution in [3.8, 4) is 11.5 Å². The molecule has 9 heteroatoms. The highest BCUT2D eigenvalue weighted by molar-refractivity contribution is 7.89. The predicted molar refractivity (Wildman–Crippen MR) is 93.9 cm³/mol. The van der Waals surface area contributed by atoms with Crippen LogP contribution in [0.3, 0.4) is 0 Å². The Bertz CT molecular complexity index is 941. The van der Waals surface area contributed by atoms with Gasteiger partial charge in [0.15, 0.2) is 11.5 Å². The van der Waals surface area contributed by atoms with Crippen LogP contribution in [0.1, 0.15) is 10.4 Å². The maximum absolute atomic E-state index is 14.2. The summed E-state index contributed by atoms with van der Waals surface area (Å²) in [7, 11) is -2.66. The summed E-state index contributed by atoms with van der Waals surface area (Å²) in [6.07, 6.45) is 0. The van der Waals surface area contributed by atoms with Crippen LogP contribution in [0.25, 0.3) is 0 Å². The number of halogens is 1. The number of ether oxygens (including phenoxy) is 3. The van der Waals surface area contributed by atoms with Gasteiger partial charge >= 0.3 is 5.97 Å². The van der Waals surface area contributed by atoms with Crippen molar-refractivity contribution >= 4 is 16.0 Å². The molecule has 0 saturated carbocycles. The number of rotatable bonds is 5. The number of methoxy groups -OCH3 is 1. The Morgan fingerprint density at radius 1 is 1.11 bits per heavy atom. The van der Waals surface area contributed by atoms with Crippen molar-refractivity contribution < 1.29 is 31.8 Å². The summed E-state index contributed by atoms with van der Waals surface area (Å²) in [5.74, 6) is -1.24. The Morgan fingerprint density at radius 2 is 1.78 bits per heavy atom. The number of sulfonamides is 1. The number of para-hydroxylation sites is 2. The molecule has 0 spiro atoms. The first kappa shape index (κ1) is 19.3. The zero-order chi connectivity index (χ0) is 19.4. The van der Waals surface area contributed by atoms with Gasteiger partial charge in [-0.3, -0.25) is 0 Å². The molecule has 0 radical (unpaired) electrons. The van der Waals surface area contributed by atoms with E-state index in [0.29, 0.717) is 5.75 Å². The number of hydrogen-bond acceptors (Lipinski definition) is 6. The monoisotopic (exact) mass is 395 g/mol. The molecule has 0 aliphatic carbocycles. The largest absolute Gasteiger partial charge is 0.493 e. The molecule has 7 nitrogen and oxygen atoms in total. The molecule has 2 aromatic carbocycles. The molecule has 144 valence electrons. The molecule has 1 saturated heterocycles. The van der Waals surface area contributed by atoms with Crippen molar-refractivity contribution in [1.29, 1.82) is 0 Å². The second-order valence-electron chi connectivity index (χ2n) is 5.70. The van der Waals surface area contributed by atoms with Crippen molar-refractivity contribution in [2.75, 3.05) is 33.4 Å². The molecule has 0 amide bonds. The van der Waals surface area contributed by atoms with Crippen LogP contribution in [0.15, 0.2) is 47.4 Å². The molecule has 0 atom stereocenters. The molecule has 1 aliphatic heterocycles. The number of carbonyl (C=O) groups is 1. The molecule has 1 fully saturated rings. The van der Waals surface area contributed by atoms with Crippen LogP contribution < -0.4 is 9.47 Å². The van der Waals surface area contributed by atoms with E-state index in [-0.39, 0.29) is 37.6 Å². The molecule has 0 aromatic heterocycles. The van der Waals surface area contributed by atoms with E-state index in [1.54, 1.807) is 18.2 Å². The number of nitrogens with zero attached hydrogens (tertiary/aromatic N) is 1. The SMILES string of the molecule is COc1ccccc1OC(=O)c1ccc(F)c(S(=O)(=O)N2CCOCC2)c1. The smallest absolute Gasteiger partial charge is 0.343 e. The molecule has 0 N–H and O–H groups in total. The second kappa shape index (κ2) is 8.03. The minimum absolute atomic E-state index is 0.0888. The van der Waals surface area contributed by atoms with Gasteiger partial charge in [0.2, 0.25) is 10.0 Å². The van der Waals surface area contributed by atoms with Crippen LogP contribution in [0.4, 0.5) is 4.39 Å². The standard InChI is InChI=1S/C18H18FNO6S/c1-24-15-4-2-3-5-16(15)26-18(21)13-6-7-14(19)17(12-13)27(22,23)20-8-10-25-11-9-20/h2-7,12H,8-11H2,1H3. The third-order valence-electron chi connectivity index (χ3n) is 4.03. The second-order valence-corrected chi connectivity index (χ2v) is 7.61. The van der Waals surface area contributed by atoms with Crippen LogP contribution in [0, 0.1) is 5.82 Å². The van der Waals surface area contributed by atoms with E-state index in [4.69, 9.17) is 14.2 Å². The zero-order valence-electron chi connectivity index (χ0n) is 14.6. The van der Waals surface area contributed by atoms with Gasteiger partial charge in [-0.2, -0.15) is 4.31 Å². The number of morpholine rings is 1. The lowest BCUT2D eigenvalue weighted by Gasteiger charge is -2.26. The molecule has 1 heterocycles. The molecule has 0 bridgehead atoms. The third kappa shape index (κ3) is 4.10. The molecule has 2 aromatic rings. The van der Waals surface area contributed by atoms with E-state index in [1.807, 2.05) is 0 Å². The summed E-state index contributed by atoms with van der Waals surface area (Å²) in [4.78, 5) is 11.8. The Kier molecular flexibility index (Phi) is 5.73. The summed E-state index contributed by atoms with van der Waals surface area (Å²) in [6, 6.07) is 9.61. The van der Waals surface area contributed by atoms with E-state index in [2.05, 4.69) is 0 Å². The van der Waals surface area contributed by atoms with Crippen LogP contribution in [0.5, 0.6) is 11.5 Å². The minimum atomic E-state index is -4.09. The Hall–Kier alpha value is -2.49. The van der Waals surface area contributed by atoms with Crippen molar-refractivity contribution in [1.82, 2.24) is 4.31 Å². The summed E-state index contributed by atoms with van der Waals surface area (Å²) < 4.78 is 56.2. The molecule has 3 rings (SSSR count). The number of carbonyl (C=O) groups excluding carboxylic acids is 1. The highest BCUT2D eigenvalue weighted by Crippen LogP contribution is 2.27. The van der Waals surface area contributed by atoms with Gasteiger partial charge in [0.25, 0.3) is 0 Å². The van der Waals surface area contributed by atoms with E-state index in [0.717, 1.165) is 16.4 Å². The van der Waals surface area contributed by atoms with Gasteiger partial charge in [0.1, 0.15) is 10.7 Å². The molecular weight excluding hydrogens is 377 g/mol. The molecule has 1 aliphatic rings. The molecule has 0 unspecified atom stereocenters. The Labute approximate surface area is 156 Å². The first-order chi connectivity index (χ1) is 12.9. The number of hydrogen-bond donors (Lipinski definition) is 0. The van der Waals surface area contributed by atoms with Crippen molar-refractivity contribution in [3.63, 3.8) is 0 Å². The zero-order valence-corrected chi connectivity index (χ0v) is 15.4. The number of esters is 1. The predicted octanol–water partition coefficient (Wildman–Crippen LogP) is 2.07. The van der Waals surface area contributed by atoms with Gasteiger partial charge in [-0.15, -0.1) is 0 Å². The quantitative estimate of drug-likeness (QED) is 0.570. The third-order valence-corrected chi connectivity index (χ3v) is 5.94.